The SMILES string of the molecule is CCOC(=O)Cn1c(=NC(=O)c2ccc(S(=O)(=O)N(CC)c3ccccc3)cc2)sc2cc(C)cc(C)c21. The third-order valence-corrected chi connectivity index (χ3v) is 8.86. The maximum atomic E-state index is 13.3. The van der Waals surface area contributed by atoms with Crippen LogP contribution in [0.15, 0.2) is 76.6 Å². The molecular formula is C28H29N3O5S2. The van der Waals surface area contributed by atoms with Crippen molar-refractivity contribution < 1.29 is 22.7 Å². The van der Waals surface area contributed by atoms with E-state index in [0.717, 1.165) is 21.3 Å². The van der Waals surface area contributed by atoms with E-state index in [0.29, 0.717) is 10.5 Å². The molecule has 8 nitrogen and oxygen atoms in total. The quantitative estimate of drug-likeness (QED) is 0.292. The van der Waals surface area contributed by atoms with Crippen molar-refractivity contribution in [2.45, 2.75) is 39.1 Å². The first-order valence-corrected chi connectivity index (χ1v) is 14.4. The lowest BCUT2D eigenvalue weighted by Crippen LogP contribution is -2.30. The number of carbonyl (C=O) groups excluding carboxylic acids is 2. The first kappa shape index (κ1) is 27.3. The number of ether oxygens (including phenoxy) is 1. The lowest BCUT2D eigenvalue weighted by atomic mass is 10.1. The predicted molar refractivity (Wildman–Crippen MR) is 149 cm³/mol. The summed E-state index contributed by atoms with van der Waals surface area (Å²) in [4.78, 5) is 30.2. The highest BCUT2D eigenvalue weighted by molar-refractivity contribution is 7.92. The van der Waals surface area contributed by atoms with Gasteiger partial charge in [-0.2, -0.15) is 4.99 Å². The Balaban J connectivity index is 1.70. The number of fused-ring (bicyclic) bond motifs is 1. The van der Waals surface area contributed by atoms with Gasteiger partial charge in [0.05, 0.1) is 27.4 Å². The molecule has 38 heavy (non-hydrogen) atoms. The van der Waals surface area contributed by atoms with Gasteiger partial charge < -0.3 is 9.30 Å². The average molecular weight is 552 g/mol. The van der Waals surface area contributed by atoms with Gasteiger partial charge in [-0.3, -0.25) is 13.9 Å². The topological polar surface area (TPSA) is 98.0 Å². The van der Waals surface area contributed by atoms with Gasteiger partial charge in [0.15, 0.2) is 4.80 Å². The molecule has 0 N–H and O–H groups in total. The fourth-order valence-electron chi connectivity index (χ4n) is 4.29. The number of anilines is 1. The molecule has 0 fully saturated rings. The Hall–Kier alpha value is -3.76. The number of amides is 1. The van der Waals surface area contributed by atoms with Gasteiger partial charge in [0.25, 0.3) is 15.9 Å². The van der Waals surface area contributed by atoms with Crippen LogP contribution in [0.1, 0.15) is 35.3 Å². The summed E-state index contributed by atoms with van der Waals surface area (Å²) in [6.45, 7) is 7.86. The molecule has 0 spiro atoms. The lowest BCUT2D eigenvalue weighted by molar-refractivity contribution is -0.143. The van der Waals surface area contributed by atoms with Crippen molar-refractivity contribution in [2.75, 3.05) is 17.5 Å². The minimum Gasteiger partial charge on any atom is -0.465 e. The summed E-state index contributed by atoms with van der Waals surface area (Å²) in [5.74, 6) is -0.961. The van der Waals surface area contributed by atoms with E-state index in [1.54, 1.807) is 42.7 Å². The van der Waals surface area contributed by atoms with Crippen molar-refractivity contribution in [1.29, 1.82) is 0 Å². The van der Waals surface area contributed by atoms with Crippen LogP contribution >= 0.6 is 11.3 Å². The van der Waals surface area contributed by atoms with E-state index in [4.69, 9.17) is 4.74 Å². The summed E-state index contributed by atoms with van der Waals surface area (Å²) in [5, 5.41) is 0. The summed E-state index contributed by atoms with van der Waals surface area (Å²) in [7, 11) is -3.82. The van der Waals surface area contributed by atoms with E-state index < -0.39 is 21.9 Å². The van der Waals surface area contributed by atoms with Crippen molar-refractivity contribution in [3.05, 3.63) is 88.2 Å². The molecule has 198 valence electrons. The van der Waals surface area contributed by atoms with Gasteiger partial charge in [0.1, 0.15) is 6.54 Å². The van der Waals surface area contributed by atoms with Crippen LogP contribution in [0.5, 0.6) is 0 Å². The van der Waals surface area contributed by atoms with Crippen LogP contribution in [0.25, 0.3) is 10.2 Å². The van der Waals surface area contributed by atoms with Gasteiger partial charge in [-0.1, -0.05) is 35.6 Å². The molecule has 0 aliphatic rings. The van der Waals surface area contributed by atoms with Gasteiger partial charge in [0, 0.05) is 12.1 Å². The van der Waals surface area contributed by atoms with Crippen molar-refractivity contribution in [1.82, 2.24) is 4.57 Å². The van der Waals surface area contributed by atoms with Gasteiger partial charge in [-0.15, -0.1) is 0 Å². The zero-order valence-electron chi connectivity index (χ0n) is 21.7. The molecule has 4 rings (SSSR count). The number of hydrogen-bond acceptors (Lipinski definition) is 6. The first-order chi connectivity index (χ1) is 18.1. The third-order valence-electron chi connectivity index (χ3n) is 5.92. The van der Waals surface area contributed by atoms with Gasteiger partial charge in [0.2, 0.25) is 0 Å². The summed E-state index contributed by atoms with van der Waals surface area (Å²) in [6.07, 6.45) is 0. The fraction of sp³-hybridized carbons (Fsp3) is 0.250. The van der Waals surface area contributed by atoms with Crippen LogP contribution < -0.4 is 9.11 Å². The number of nitrogens with zero attached hydrogens (tertiary/aromatic N) is 3. The molecule has 1 aromatic heterocycles. The molecule has 0 atom stereocenters. The minimum atomic E-state index is -3.82. The number of carbonyl (C=O) groups is 2. The number of aromatic nitrogens is 1. The van der Waals surface area contributed by atoms with Crippen molar-refractivity contribution in [3.8, 4) is 0 Å². The molecule has 0 bridgehead atoms. The second-order valence-corrected chi connectivity index (χ2v) is 11.5. The van der Waals surface area contributed by atoms with Crippen LogP contribution in [0.3, 0.4) is 0 Å². The van der Waals surface area contributed by atoms with Crippen molar-refractivity contribution in [3.63, 3.8) is 0 Å². The zero-order chi connectivity index (χ0) is 27.4. The standard InChI is InChI=1S/C28H29N3O5S2/c1-5-31(22-10-8-7-9-11-22)38(34,35)23-14-12-21(13-15-23)27(33)29-28-30(18-25(32)36-6-2)26-20(4)16-19(3)17-24(26)37-28/h7-17H,5-6,18H2,1-4H3. The summed E-state index contributed by atoms with van der Waals surface area (Å²) in [5.41, 5.74) is 3.64. The number of aryl methyl sites for hydroxylation is 2. The van der Waals surface area contributed by atoms with E-state index in [1.165, 1.54) is 39.9 Å². The number of thiazole rings is 1. The number of sulfonamides is 1. The second kappa shape index (κ2) is 11.3. The molecule has 1 heterocycles. The third kappa shape index (κ3) is 5.56. The Morgan fingerprint density at radius 3 is 2.32 bits per heavy atom. The van der Waals surface area contributed by atoms with E-state index in [-0.39, 0.29) is 30.2 Å². The Labute approximate surface area is 225 Å². The van der Waals surface area contributed by atoms with Crippen molar-refractivity contribution in [2.24, 2.45) is 4.99 Å². The molecular weight excluding hydrogens is 522 g/mol. The molecule has 0 aliphatic carbocycles. The number of hydrogen-bond donors (Lipinski definition) is 0. The van der Waals surface area contributed by atoms with Crippen LogP contribution in [0, 0.1) is 13.8 Å². The molecule has 4 aromatic rings. The second-order valence-electron chi connectivity index (χ2n) is 8.65. The number of benzene rings is 3. The Morgan fingerprint density at radius 1 is 1.00 bits per heavy atom. The first-order valence-electron chi connectivity index (χ1n) is 12.2. The highest BCUT2D eigenvalue weighted by atomic mass is 32.2. The van der Waals surface area contributed by atoms with E-state index in [2.05, 4.69) is 4.99 Å². The molecule has 10 heteroatoms. The normalized spacial score (nSPS) is 12.1. The van der Waals surface area contributed by atoms with Crippen molar-refractivity contribution >= 4 is 49.1 Å². The van der Waals surface area contributed by atoms with Crippen LogP contribution in [0.4, 0.5) is 5.69 Å². The number of rotatable bonds is 8. The smallest absolute Gasteiger partial charge is 0.326 e. The summed E-state index contributed by atoms with van der Waals surface area (Å²) < 4.78 is 35.6. The Kier molecular flexibility index (Phi) is 8.13. The van der Waals surface area contributed by atoms with E-state index in [1.807, 2.05) is 32.0 Å². The van der Waals surface area contributed by atoms with Gasteiger partial charge in [-0.25, -0.2) is 8.42 Å². The fourth-order valence-corrected chi connectivity index (χ4v) is 6.97. The van der Waals surface area contributed by atoms with Gasteiger partial charge in [-0.05, 0) is 81.3 Å². The predicted octanol–water partition coefficient (Wildman–Crippen LogP) is 4.84. The summed E-state index contributed by atoms with van der Waals surface area (Å²) >= 11 is 1.31. The van der Waals surface area contributed by atoms with Crippen LogP contribution in [0.2, 0.25) is 0 Å². The summed E-state index contributed by atoms with van der Waals surface area (Å²) in [6, 6.07) is 18.6. The minimum absolute atomic E-state index is 0.0742. The molecule has 0 aliphatic heterocycles. The highest BCUT2D eigenvalue weighted by Crippen LogP contribution is 2.25. The number of para-hydroxylation sites is 1. The monoisotopic (exact) mass is 551 g/mol. The molecule has 0 unspecified atom stereocenters. The molecule has 0 saturated heterocycles. The average Bonchev–Trinajstić information content (AvgIpc) is 3.21. The maximum absolute atomic E-state index is 13.3. The number of esters is 1. The van der Waals surface area contributed by atoms with Crippen LogP contribution in [-0.4, -0.2) is 38.0 Å². The van der Waals surface area contributed by atoms with Crippen LogP contribution in [-0.2, 0) is 26.1 Å². The zero-order valence-corrected chi connectivity index (χ0v) is 23.3. The van der Waals surface area contributed by atoms with E-state index >= 15 is 0 Å². The Bertz CT molecular complexity index is 1650. The molecule has 1 amide bonds. The molecule has 0 radical (unpaired) electrons. The van der Waals surface area contributed by atoms with Gasteiger partial charge >= 0.3 is 5.97 Å². The molecule has 0 saturated carbocycles. The molecule has 3 aromatic carbocycles. The van der Waals surface area contributed by atoms with E-state index in [9.17, 15) is 18.0 Å². The Morgan fingerprint density at radius 2 is 1.68 bits per heavy atom. The highest BCUT2D eigenvalue weighted by Gasteiger charge is 2.24. The largest absolute Gasteiger partial charge is 0.465 e. The lowest BCUT2D eigenvalue weighted by Gasteiger charge is -2.22. The maximum Gasteiger partial charge on any atom is 0.326 e.